The van der Waals surface area contributed by atoms with Crippen molar-refractivity contribution in [2.45, 2.75) is 25.9 Å². The minimum atomic E-state index is -0.0324. The molecule has 1 rings (SSSR count). The van der Waals surface area contributed by atoms with Crippen molar-refractivity contribution in [3.8, 4) is 0 Å². The van der Waals surface area contributed by atoms with Crippen LogP contribution in [0.4, 0.5) is 0 Å². The molecule has 0 aliphatic carbocycles. The highest BCUT2D eigenvalue weighted by atomic mass is 79.9. The number of rotatable bonds is 6. The highest BCUT2D eigenvalue weighted by Gasteiger charge is 2.24. The van der Waals surface area contributed by atoms with Gasteiger partial charge in [-0.05, 0) is 49.0 Å². The monoisotopic (exact) mass is 333 g/mol. The zero-order valence-electron chi connectivity index (χ0n) is 10.9. The van der Waals surface area contributed by atoms with Crippen LogP contribution in [-0.4, -0.2) is 37.0 Å². The lowest BCUT2D eigenvalue weighted by Crippen LogP contribution is -2.42. The maximum Gasteiger partial charge on any atom is 0.234 e. The lowest BCUT2D eigenvalue weighted by Gasteiger charge is -2.29. The number of likely N-dealkylation sites (N-methyl/N-ethyl adjacent to an activating group) is 2. The van der Waals surface area contributed by atoms with Gasteiger partial charge in [0.1, 0.15) is 0 Å². The third kappa shape index (κ3) is 4.35. The summed E-state index contributed by atoms with van der Waals surface area (Å²) in [7, 11) is 1.93. The predicted octanol–water partition coefficient (Wildman–Crippen LogP) is 1.97. The Balaban J connectivity index is 2.76. The van der Waals surface area contributed by atoms with Gasteiger partial charge in [-0.1, -0.05) is 0 Å². The SMILES string of the molecule is CCNC(=O)CN(C)C(c1ccc(Br)s1)C(C)N. The molecule has 0 aromatic carbocycles. The predicted molar refractivity (Wildman–Crippen MR) is 79.7 cm³/mol. The maximum atomic E-state index is 11.6. The zero-order valence-corrected chi connectivity index (χ0v) is 13.3. The van der Waals surface area contributed by atoms with Crippen LogP contribution >= 0.6 is 27.3 Å². The van der Waals surface area contributed by atoms with Gasteiger partial charge in [-0.25, -0.2) is 0 Å². The van der Waals surface area contributed by atoms with Crippen molar-refractivity contribution in [2.75, 3.05) is 20.1 Å². The molecule has 0 aliphatic rings. The molecule has 2 atom stereocenters. The number of hydrogen-bond donors (Lipinski definition) is 2. The lowest BCUT2D eigenvalue weighted by atomic mass is 10.1. The molecular weight excluding hydrogens is 314 g/mol. The van der Waals surface area contributed by atoms with E-state index < -0.39 is 0 Å². The van der Waals surface area contributed by atoms with E-state index >= 15 is 0 Å². The van der Waals surface area contributed by atoms with E-state index in [1.165, 1.54) is 4.88 Å². The van der Waals surface area contributed by atoms with Crippen LogP contribution in [0.1, 0.15) is 24.8 Å². The number of amides is 1. The Bertz CT molecular complexity index is 394. The van der Waals surface area contributed by atoms with Crippen molar-refractivity contribution in [3.05, 3.63) is 20.8 Å². The number of nitrogens with zero attached hydrogens (tertiary/aromatic N) is 1. The van der Waals surface area contributed by atoms with Crippen LogP contribution in [0.5, 0.6) is 0 Å². The molecule has 0 saturated heterocycles. The molecule has 0 fully saturated rings. The molecule has 3 N–H and O–H groups in total. The number of nitrogens with one attached hydrogen (secondary N) is 1. The summed E-state index contributed by atoms with van der Waals surface area (Å²) < 4.78 is 1.08. The number of thiophene rings is 1. The molecule has 0 aliphatic heterocycles. The van der Waals surface area contributed by atoms with E-state index in [1.807, 2.05) is 31.9 Å². The van der Waals surface area contributed by atoms with Crippen LogP contribution in [0.3, 0.4) is 0 Å². The van der Waals surface area contributed by atoms with E-state index in [-0.39, 0.29) is 18.0 Å². The number of halogens is 1. The third-order valence-corrected chi connectivity index (χ3v) is 4.32. The highest BCUT2D eigenvalue weighted by molar-refractivity contribution is 9.11. The Morgan fingerprint density at radius 2 is 2.28 bits per heavy atom. The first kappa shape index (κ1) is 15.6. The summed E-state index contributed by atoms with van der Waals surface area (Å²) >= 11 is 5.11. The van der Waals surface area contributed by atoms with Gasteiger partial charge in [0.2, 0.25) is 5.91 Å². The standard InChI is InChI=1S/C12H20BrN3OS/c1-4-15-11(17)7-16(3)12(8(2)14)9-5-6-10(13)18-9/h5-6,8,12H,4,7,14H2,1-3H3,(H,15,17). The van der Waals surface area contributed by atoms with Gasteiger partial charge in [0.25, 0.3) is 0 Å². The fourth-order valence-electron chi connectivity index (χ4n) is 1.94. The van der Waals surface area contributed by atoms with Gasteiger partial charge in [0, 0.05) is 17.5 Å². The van der Waals surface area contributed by atoms with E-state index in [4.69, 9.17) is 5.73 Å². The second-order valence-corrected chi connectivity index (χ2v) is 6.81. The van der Waals surface area contributed by atoms with Crippen molar-refractivity contribution in [2.24, 2.45) is 5.73 Å². The first-order chi connectivity index (χ1) is 8.45. The number of carbonyl (C=O) groups excluding carboxylic acids is 1. The van der Waals surface area contributed by atoms with Gasteiger partial charge < -0.3 is 11.1 Å². The van der Waals surface area contributed by atoms with Crippen LogP contribution < -0.4 is 11.1 Å². The molecule has 1 amide bonds. The Morgan fingerprint density at radius 1 is 1.61 bits per heavy atom. The largest absolute Gasteiger partial charge is 0.355 e. The zero-order chi connectivity index (χ0) is 13.7. The van der Waals surface area contributed by atoms with Crippen LogP contribution in [0.25, 0.3) is 0 Å². The third-order valence-electron chi connectivity index (χ3n) is 2.63. The van der Waals surface area contributed by atoms with Crippen molar-refractivity contribution in [3.63, 3.8) is 0 Å². The summed E-state index contributed by atoms with van der Waals surface area (Å²) in [6.45, 7) is 4.89. The summed E-state index contributed by atoms with van der Waals surface area (Å²) in [5.74, 6) is 0.0290. The molecule has 0 spiro atoms. The van der Waals surface area contributed by atoms with Gasteiger partial charge in [-0.2, -0.15) is 0 Å². The van der Waals surface area contributed by atoms with Crippen LogP contribution in [0, 0.1) is 0 Å². The molecule has 6 heteroatoms. The van der Waals surface area contributed by atoms with Crippen molar-refractivity contribution in [1.29, 1.82) is 0 Å². The van der Waals surface area contributed by atoms with Crippen LogP contribution in [0.2, 0.25) is 0 Å². The number of carbonyl (C=O) groups is 1. The minimum Gasteiger partial charge on any atom is -0.355 e. The molecule has 0 bridgehead atoms. The molecule has 0 saturated carbocycles. The number of nitrogens with two attached hydrogens (primary N) is 1. The lowest BCUT2D eigenvalue weighted by molar-refractivity contribution is -0.122. The summed E-state index contributed by atoms with van der Waals surface area (Å²) in [6, 6.07) is 4.09. The van der Waals surface area contributed by atoms with E-state index in [9.17, 15) is 4.79 Å². The van der Waals surface area contributed by atoms with Crippen molar-refractivity contribution < 1.29 is 4.79 Å². The molecule has 1 aromatic rings. The van der Waals surface area contributed by atoms with Gasteiger partial charge in [-0.15, -0.1) is 11.3 Å². The van der Waals surface area contributed by atoms with E-state index in [2.05, 4.69) is 27.3 Å². The Kier molecular flexibility index (Phi) is 6.28. The molecule has 1 aromatic heterocycles. The Morgan fingerprint density at radius 3 is 2.72 bits per heavy atom. The normalized spacial score (nSPS) is 14.6. The first-order valence-electron chi connectivity index (χ1n) is 5.93. The fourth-order valence-corrected chi connectivity index (χ4v) is 3.65. The van der Waals surface area contributed by atoms with Gasteiger partial charge in [0.05, 0.1) is 16.4 Å². The molecule has 0 radical (unpaired) electrons. The quantitative estimate of drug-likeness (QED) is 0.836. The molecule has 4 nitrogen and oxygen atoms in total. The molecule has 18 heavy (non-hydrogen) atoms. The second kappa shape index (κ2) is 7.23. The first-order valence-corrected chi connectivity index (χ1v) is 7.54. The summed E-state index contributed by atoms with van der Waals surface area (Å²) in [5.41, 5.74) is 6.05. The van der Waals surface area contributed by atoms with Crippen LogP contribution in [0.15, 0.2) is 15.9 Å². The molecule has 102 valence electrons. The summed E-state index contributed by atoms with van der Waals surface area (Å²) in [6.07, 6.45) is 0. The van der Waals surface area contributed by atoms with Gasteiger partial charge >= 0.3 is 0 Å². The molecular formula is C12H20BrN3OS. The van der Waals surface area contributed by atoms with Crippen molar-refractivity contribution in [1.82, 2.24) is 10.2 Å². The summed E-state index contributed by atoms with van der Waals surface area (Å²) in [4.78, 5) is 14.8. The maximum absolute atomic E-state index is 11.6. The van der Waals surface area contributed by atoms with Gasteiger partial charge in [0.15, 0.2) is 0 Å². The average Bonchev–Trinajstić information content (AvgIpc) is 2.64. The summed E-state index contributed by atoms with van der Waals surface area (Å²) in [5, 5.41) is 2.80. The van der Waals surface area contributed by atoms with E-state index in [0.717, 1.165) is 3.79 Å². The smallest absolute Gasteiger partial charge is 0.234 e. The number of hydrogen-bond acceptors (Lipinski definition) is 4. The van der Waals surface area contributed by atoms with E-state index in [1.54, 1.807) is 11.3 Å². The van der Waals surface area contributed by atoms with Crippen LogP contribution in [-0.2, 0) is 4.79 Å². The van der Waals surface area contributed by atoms with Gasteiger partial charge in [-0.3, -0.25) is 9.69 Å². The fraction of sp³-hybridized carbons (Fsp3) is 0.583. The Labute approximate surface area is 121 Å². The molecule has 1 heterocycles. The minimum absolute atomic E-state index is 0.0290. The topological polar surface area (TPSA) is 58.4 Å². The molecule has 2 unspecified atom stereocenters. The highest BCUT2D eigenvalue weighted by Crippen LogP contribution is 2.31. The van der Waals surface area contributed by atoms with Crippen molar-refractivity contribution >= 4 is 33.2 Å². The van der Waals surface area contributed by atoms with E-state index in [0.29, 0.717) is 13.1 Å². The second-order valence-electron chi connectivity index (χ2n) is 4.31. The average molecular weight is 334 g/mol. The Hall–Kier alpha value is -0.430.